The van der Waals surface area contributed by atoms with Crippen molar-refractivity contribution in [1.82, 2.24) is 0 Å². The van der Waals surface area contributed by atoms with E-state index in [0.717, 1.165) is 17.8 Å². The number of ether oxygens (including phenoxy) is 1. The molecule has 1 aliphatic heterocycles. The molecule has 0 atom stereocenters. The van der Waals surface area contributed by atoms with Gasteiger partial charge in [-0.05, 0) is 23.6 Å². The first-order chi connectivity index (χ1) is 6.84. The highest BCUT2D eigenvalue weighted by Crippen LogP contribution is 2.39. The molecule has 0 aromatic heterocycles. The molecule has 2 nitrogen and oxygen atoms in total. The maximum Gasteiger partial charge on any atom is 0.174 e. The largest absolute Gasteiger partial charge is 0.485 e. The van der Waals surface area contributed by atoms with Gasteiger partial charge in [-0.25, -0.2) is 0 Å². The maximum absolute atomic E-state index is 11.3. The first kappa shape index (κ1) is 7.80. The third-order valence-corrected chi connectivity index (χ3v) is 2.79. The van der Waals surface area contributed by atoms with Crippen molar-refractivity contribution < 1.29 is 9.53 Å². The molecule has 1 fully saturated rings. The Morgan fingerprint density at radius 2 is 2.21 bits per heavy atom. The average Bonchev–Trinajstić information content (AvgIpc) is 2.56. The van der Waals surface area contributed by atoms with E-state index in [1.807, 2.05) is 6.08 Å². The van der Waals surface area contributed by atoms with Crippen molar-refractivity contribution in [2.75, 3.05) is 6.61 Å². The van der Waals surface area contributed by atoms with Gasteiger partial charge in [-0.2, -0.15) is 0 Å². The molecule has 1 heterocycles. The van der Waals surface area contributed by atoms with Crippen LogP contribution in [0.25, 0.3) is 0 Å². The highest BCUT2D eigenvalue weighted by atomic mass is 16.5. The molecule has 3 rings (SSSR count). The molecule has 2 heteroatoms. The molecule has 0 aromatic rings. The number of carbonyl (C=O) groups is 1. The summed E-state index contributed by atoms with van der Waals surface area (Å²) in [6.45, 7) is 0.239. The third-order valence-electron chi connectivity index (χ3n) is 2.79. The second-order valence-electron chi connectivity index (χ2n) is 3.72. The van der Waals surface area contributed by atoms with Crippen LogP contribution in [0.4, 0.5) is 0 Å². The van der Waals surface area contributed by atoms with Gasteiger partial charge in [0.05, 0.1) is 0 Å². The Balaban J connectivity index is 2.09. The Kier molecular flexibility index (Phi) is 1.51. The number of carbonyl (C=O) groups excluding carboxylic acids is 1. The number of hydrogen-bond acceptors (Lipinski definition) is 2. The summed E-state index contributed by atoms with van der Waals surface area (Å²) in [5, 5.41) is 0. The normalized spacial score (nSPS) is 23.9. The van der Waals surface area contributed by atoms with Crippen LogP contribution in [-0.2, 0) is 9.53 Å². The molecule has 0 bridgehead atoms. The zero-order chi connectivity index (χ0) is 9.54. The maximum atomic E-state index is 11.3. The second-order valence-corrected chi connectivity index (χ2v) is 3.72. The van der Waals surface area contributed by atoms with E-state index in [1.165, 1.54) is 11.1 Å². The lowest BCUT2D eigenvalue weighted by Crippen LogP contribution is -2.16. The van der Waals surface area contributed by atoms with E-state index in [-0.39, 0.29) is 12.4 Å². The van der Waals surface area contributed by atoms with Crippen LogP contribution >= 0.6 is 0 Å². The topological polar surface area (TPSA) is 26.3 Å². The van der Waals surface area contributed by atoms with Crippen LogP contribution in [0.2, 0.25) is 0 Å². The Bertz CT molecular complexity index is 433. The fourth-order valence-corrected chi connectivity index (χ4v) is 2.11. The molecule has 2 aliphatic carbocycles. The molecule has 3 aliphatic rings. The SMILES string of the molecule is O=C1COC2=CC3=CC=CCC3=C2C1. The fraction of sp³-hybridized carbons (Fsp3) is 0.250. The van der Waals surface area contributed by atoms with Gasteiger partial charge in [-0.3, -0.25) is 4.79 Å². The standard InChI is InChI=1S/C12H10O2/c13-9-6-11-10-4-2-1-3-8(10)5-12(11)14-7-9/h1-3,5H,4,6-7H2. The lowest BCUT2D eigenvalue weighted by molar-refractivity contribution is -0.123. The van der Waals surface area contributed by atoms with Crippen molar-refractivity contribution in [1.29, 1.82) is 0 Å². The van der Waals surface area contributed by atoms with Gasteiger partial charge < -0.3 is 4.74 Å². The summed E-state index contributed by atoms with van der Waals surface area (Å²) in [4.78, 5) is 11.3. The van der Waals surface area contributed by atoms with Gasteiger partial charge in [0.25, 0.3) is 0 Å². The fourth-order valence-electron chi connectivity index (χ4n) is 2.11. The molecule has 0 radical (unpaired) electrons. The number of fused-ring (bicyclic) bond motifs is 2. The van der Waals surface area contributed by atoms with Crippen molar-refractivity contribution >= 4 is 5.78 Å². The van der Waals surface area contributed by atoms with Gasteiger partial charge in [0, 0.05) is 12.0 Å². The van der Waals surface area contributed by atoms with Gasteiger partial charge >= 0.3 is 0 Å². The third kappa shape index (κ3) is 1.00. The van der Waals surface area contributed by atoms with Crippen LogP contribution in [0.3, 0.4) is 0 Å². The van der Waals surface area contributed by atoms with Crippen molar-refractivity contribution in [3.8, 4) is 0 Å². The highest BCUT2D eigenvalue weighted by Gasteiger charge is 2.28. The van der Waals surface area contributed by atoms with Crippen LogP contribution in [0.5, 0.6) is 0 Å². The number of allylic oxidation sites excluding steroid dienone is 7. The summed E-state index contributed by atoms with van der Waals surface area (Å²) >= 11 is 0. The van der Waals surface area contributed by atoms with E-state index < -0.39 is 0 Å². The van der Waals surface area contributed by atoms with Crippen LogP contribution in [0.1, 0.15) is 12.8 Å². The number of rotatable bonds is 0. The Hall–Kier alpha value is -1.57. The van der Waals surface area contributed by atoms with Crippen LogP contribution in [-0.4, -0.2) is 12.4 Å². The van der Waals surface area contributed by atoms with Crippen molar-refractivity contribution in [2.24, 2.45) is 0 Å². The molecule has 0 amide bonds. The number of hydrogen-bond donors (Lipinski definition) is 0. The van der Waals surface area contributed by atoms with E-state index in [1.54, 1.807) is 0 Å². The smallest absolute Gasteiger partial charge is 0.174 e. The van der Waals surface area contributed by atoms with E-state index in [4.69, 9.17) is 4.74 Å². The van der Waals surface area contributed by atoms with Crippen LogP contribution in [0, 0.1) is 0 Å². The van der Waals surface area contributed by atoms with E-state index in [0.29, 0.717) is 6.42 Å². The van der Waals surface area contributed by atoms with Gasteiger partial charge in [0.2, 0.25) is 0 Å². The first-order valence-corrected chi connectivity index (χ1v) is 4.80. The van der Waals surface area contributed by atoms with E-state index in [9.17, 15) is 4.79 Å². The molecule has 70 valence electrons. The minimum Gasteiger partial charge on any atom is -0.485 e. The molecule has 0 N–H and O–H groups in total. The summed E-state index contributed by atoms with van der Waals surface area (Å²) < 4.78 is 5.39. The molecule has 0 spiro atoms. The Morgan fingerprint density at radius 3 is 3.14 bits per heavy atom. The average molecular weight is 186 g/mol. The van der Waals surface area contributed by atoms with Gasteiger partial charge in [0.1, 0.15) is 12.4 Å². The summed E-state index contributed by atoms with van der Waals surface area (Å²) in [5.41, 5.74) is 3.60. The quantitative estimate of drug-likeness (QED) is 0.578. The second kappa shape index (κ2) is 2.71. The first-order valence-electron chi connectivity index (χ1n) is 4.80. The van der Waals surface area contributed by atoms with Gasteiger partial charge in [-0.1, -0.05) is 18.2 Å². The molecule has 0 unspecified atom stereocenters. The van der Waals surface area contributed by atoms with Crippen LogP contribution < -0.4 is 0 Å². The monoisotopic (exact) mass is 186 g/mol. The molecule has 1 saturated heterocycles. The van der Waals surface area contributed by atoms with Gasteiger partial charge in [0.15, 0.2) is 5.78 Å². The molecule has 0 saturated carbocycles. The molecular formula is C12H10O2. The number of Topliss-reactive ketones (excluding diaryl/α,β-unsaturated/α-hetero) is 1. The summed E-state index contributed by atoms with van der Waals surface area (Å²) in [6, 6.07) is 0. The predicted molar refractivity (Wildman–Crippen MR) is 52.5 cm³/mol. The lowest BCUT2D eigenvalue weighted by Gasteiger charge is -2.17. The predicted octanol–water partition coefficient (Wildman–Crippen LogP) is 2.06. The zero-order valence-electron chi connectivity index (χ0n) is 7.75. The van der Waals surface area contributed by atoms with Gasteiger partial charge in [-0.15, -0.1) is 0 Å². The van der Waals surface area contributed by atoms with E-state index in [2.05, 4.69) is 18.2 Å². The Morgan fingerprint density at radius 1 is 1.29 bits per heavy atom. The lowest BCUT2D eigenvalue weighted by atomic mass is 9.95. The molecule has 14 heavy (non-hydrogen) atoms. The summed E-state index contributed by atoms with van der Waals surface area (Å²) in [5.74, 6) is 1.09. The van der Waals surface area contributed by atoms with Crippen molar-refractivity contribution in [3.05, 3.63) is 46.8 Å². The van der Waals surface area contributed by atoms with Crippen molar-refractivity contribution in [3.63, 3.8) is 0 Å². The summed E-state index contributed by atoms with van der Waals surface area (Å²) in [6.07, 6.45) is 9.76. The van der Waals surface area contributed by atoms with Crippen LogP contribution in [0.15, 0.2) is 46.8 Å². The number of ketones is 1. The summed E-state index contributed by atoms with van der Waals surface area (Å²) in [7, 11) is 0. The molecular weight excluding hydrogens is 176 g/mol. The van der Waals surface area contributed by atoms with E-state index >= 15 is 0 Å². The minimum atomic E-state index is 0.181. The van der Waals surface area contributed by atoms with Crippen molar-refractivity contribution in [2.45, 2.75) is 12.8 Å². The minimum absolute atomic E-state index is 0.181. The molecule has 0 aromatic carbocycles. The zero-order valence-corrected chi connectivity index (χ0v) is 7.75. The highest BCUT2D eigenvalue weighted by molar-refractivity contribution is 5.86. The Labute approximate surface area is 82.3 Å².